The number of hydrogen-bond donors (Lipinski definition) is 1. The Kier molecular flexibility index (Phi) is 7.87. The summed E-state index contributed by atoms with van der Waals surface area (Å²) in [6.07, 6.45) is 2.51. The molecule has 2 amide bonds. The molecule has 30 heavy (non-hydrogen) atoms. The molecule has 0 aliphatic carbocycles. The summed E-state index contributed by atoms with van der Waals surface area (Å²) in [5, 5.41) is 3.24. The molecule has 2 aromatic rings. The van der Waals surface area contributed by atoms with E-state index in [2.05, 4.69) is 5.32 Å². The van der Waals surface area contributed by atoms with Crippen molar-refractivity contribution in [1.29, 1.82) is 0 Å². The largest absolute Gasteiger partial charge is 0.454 e. The molecule has 0 bridgehead atoms. The molecular weight excluding hydrogens is 424 g/mol. The number of amides is 2. The third-order valence-corrected chi connectivity index (χ3v) is 5.81. The number of likely N-dealkylation sites (N-methyl/N-ethyl adjacent to an activating group) is 1. The number of halogens is 1. The average molecular weight is 449 g/mol. The van der Waals surface area contributed by atoms with Gasteiger partial charge >= 0.3 is 0 Å². The van der Waals surface area contributed by atoms with Crippen molar-refractivity contribution >= 4 is 35.2 Å². The molecule has 0 spiro atoms. The van der Waals surface area contributed by atoms with Crippen LogP contribution in [0.3, 0.4) is 0 Å². The first-order valence-electron chi connectivity index (χ1n) is 9.75. The van der Waals surface area contributed by atoms with Gasteiger partial charge in [-0.15, -0.1) is 0 Å². The minimum Gasteiger partial charge on any atom is -0.454 e. The number of thioether (sulfide) groups is 1. The molecule has 1 atom stereocenters. The van der Waals surface area contributed by atoms with Crippen molar-refractivity contribution in [2.75, 3.05) is 25.3 Å². The van der Waals surface area contributed by atoms with E-state index in [4.69, 9.17) is 21.1 Å². The lowest BCUT2D eigenvalue weighted by atomic mass is 10.1. The van der Waals surface area contributed by atoms with Gasteiger partial charge in [0, 0.05) is 13.1 Å². The maximum atomic E-state index is 13.3. The standard InChI is InChI=1S/C22H25ClN2O4S/c1-3-25(13-15-8-9-19-20(12-15)29-14-28-19)22(27)18(10-11-30-2)24-21(26)16-6-4-5-7-17(16)23/h4-9,12,18H,3,10-11,13-14H2,1-2H3,(H,24,26). The van der Waals surface area contributed by atoms with Crippen LogP contribution < -0.4 is 14.8 Å². The highest BCUT2D eigenvalue weighted by Crippen LogP contribution is 2.32. The van der Waals surface area contributed by atoms with Crippen LogP contribution in [0.2, 0.25) is 5.02 Å². The van der Waals surface area contributed by atoms with Crippen LogP contribution in [0.1, 0.15) is 29.3 Å². The fourth-order valence-corrected chi connectivity index (χ4v) is 3.89. The van der Waals surface area contributed by atoms with Crippen LogP contribution in [0.5, 0.6) is 11.5 Å². The van der Waals surface area contributed by atoms with Crippen LogP contribution in [0, 0.1) is 0 Å². The molecule has 0 fully saturated rings. The number of hydrogen-bond acceptors (Lipinski definition) is 5. The molecule has 3 rings (SSSR count). The highest BCUT2D eigenvalue weighted by molar-refractivity contribution is 7.98. The summed E-state index contributed by atoms with van der Waals surface area (Å²) in [6, 6.07) is 11.8. The van der Waals surface area contributed by atoms with Crippen LogP contribution in [0.25, 0.3) is 0 Å². The first-order chi connectivity index (χ1) is 14.5. The Labute approximate surface area is 185 Å². The molecule has 6 nitrogen and oxygen atoms in total. The Morgan fingerprint density at radius 3 is 2.70 bits per heavy atom. The Balaban J connectivity index is 1.73. The second kappa shape index (κ2) is 10.6. The monoisotopic (exact) mass is 448 g/mol. The van der Waals surface area contributed by atoms with E-state index in [-0.39, 0.29) is 18.6 Å². The quantitative estimate of drug-likeness (QED) is 0.628. The molecule has 8 heteroatoms. The van der Waals surface area contributed by atoms with E-state index in [1.807, 2.05) is 31.4 Å². The highest BCUT2D eigenvalue weighted by atomic mass is 35.5. The van der Waals surface area contributed by atoms with Gasteiger partial charge in [-0.25, -0.2) is 0 Å². The number of nitrogens with zero attached hydrogens (tertiary/aromatic N) is 1. The second-order valence-electron chi connectivity index (χ2n) is 6.83. The Bertz CT molecular complexity index is 908. The van der Waals surface area contributed by atoms with Crippen LogP contribution in [-0.2, 0) is 11.3 Å². The molecule has 0 saturated heterocycles. The van der Waals surface area contributed by atoms with Crippen molar-refractivity contribution in [2.24, 2.45) is 0 Å². The number of carbonyl (C=O) groups is 2. The fourth-order valence-electron chi connectivity index (χ4n) is 3.20. The maximum Gasteiger partial charge on any atom is 0.253 e. The fraction of sp³-hybridized carbons (Fsp3) is 0.364. The van der Waals surface area contributed by atoms with Gasteiger partial charge in [0.05, 0.1) is 10.6 Å². The molecule has 1 heterocycles. The van der Waals surface area contributed by atoms with Gasteiger partial charge < -0.3 is 19.7 Å². The van der Waals surface area contributed by atoms with Gasteiger partial charge in [0.15, 0.2) is 11.5 Å². The van der Waals surface area contributed by atoms with Gasteiger partial charge in [-0.05, 0) is 55.2 Å². The smallest absolute Gasteiger partial charge is 0.253 e. The number of nitrogens with one attached hydrogen (secondary N) is 1. The van der Waals surface area contributed by atoms with E-state index in [0.29, 0.717) is 41.6 Å². The van der Waals surface area contributed by atoms with Crippen molar-refractivity contribution in [2.45, 2.75) is 25.9 Å². The summed E-state index contributed by atoms with van der Waals surface area (Å²) >= 11 is 7.78. The number of ether oxygens (including phenoxy) is 2. The third-order valence-electron chi connectivity index (χ3n) is 4.84. The van der Waals surface area contributed by atoms with Gasteiger partial charge in [0.2, 0.25) is 12.7 Å². The molecule has 2 aromatic carbocycles. The number of rotatable bonds is 9. The second-order valence-corrected chi connectivity index (χ2v) is 8.22. The lowest BCUT2D eigenvalue weighted by Crippen LogP contribution is -2.48. The van der Waals surface area contributed by atoms with Gasteiger partial charge in [-0.1, -0.05) is 29.8 Å². The maximum absolute atomic E-state index is 13.3. The molecule has 1 aliphatic heterocycles. The Morgan fingerprint density at radius 1 is 1.20 bits per heavy atom. The van der Waals surface area contributed by atoms with E-state index < -0.39 is 6.04 Å². The van der Waals surface area contributed by atoms with Gasteiger partial charge in [-0.3, -0.25) is 9.59 Å². The van der Waals surface area contributed by atoms with Crippen molar-refractivity contribution in [3.8, 4) is 11.5 Å². The van der Waals surface area contributed by atoms with Crippen molar-refractivity contribution in [3.05, 3.63) is 58.6 Å². The van der Waals surface area contributed by atoms with Crippen LogP contribution in [0.4, 0.5) is 0 Å². The summed E-state index contributed by atoms with van der Waals surface area (Å²) in [4.78, 5) is 27.8. The summed E-state index contributed by atoms with van der Waals surface area (Å²) in [6.45, 7) is 3.07. The zero-order chi connectivity index (χ0) is 21.5. The predicted molar refractivity (Wildman–Crippen MR) is 119 cm³/mol. The Hall–Kier alpha value is -2.38. The predicted octanol–water partition coefficient (Wildman–Crippen LogP) is 3.97. The van der Waals surface area contributed by atoms with E-state index in [1.165, 1.54) is 0 Å². The molecule has 1 aliphatic rings. The van der Waals surface area contributed by atoms with Crippen LogP contribution in [-0.4, -0.2) is 48.1 Å². The minimum absolute atomic E-state index is 0.121. The SMILES string of the molecule is CCN(Cc1ccc2c(c1)OCO2)C(=O)C(CCSC)NC(=O)c1ccccc1Cl. The molecular formula is C22H25ClN2O4S. The third kappa shape index (κ3) is 5.40. The number of fused-ring (bicyclic) bond motifs is 1. The van der Waals surface area contributed by atoms with Gasteiger partial charge in [0.25, 0.3) is 5.91 Å². The molecule has 0 radical (unpaired) electrons. The number of benzene rings is 2. The first-order valence-corrected chi connectivity index (χ1v) is 11.5. The first kappa shape index (κ1) is 22.3. The molecule has 0 saturated carbocycles. The van der Waals surface area contributed by atoms with E-state index >= 15 is 0 Å². The molecule has 1 unspecified atom stereocenters. The highest BCUT2D eigenvalue weighted by Gasteiger charge is 2.26. The van der Waals surface area contributed by atoms with Crippen molar-refractivity contribution < 1.29 is 19.1 Å². The topological polar surface area (TPSA) is 67.9 Å². The zero-order valence-electron chi connectivity index (χ0n) is 17.0. The van der Waals surface area contributed by atoms with E-state index in [0.717, 1.165) is 11.3 Å². The van der Waals surface area contributed by atoms with Crippen LogP contribution >= 0.6 is 23.4 Å². The molecule has 160 valence electrons. The number of carbonyl (C=O) groups excluding carboxylic acids is 2. The van der Waals surface area contributed by atoms with Crippen LogP contribution in [0.15, 0.2) is 42.5 Å². The van der Waals surface area contributed by atoms with Crippen molar-refractivity contribution in [1.82, 2.24) is 10.2 Å². The summed E-state index contributed by atoms with van der Waals surface area (Å²) in [5.41, 5.74) is 1.30. The lowest BCUT2D eigenvalue weighted by Gasteiger charge is -2.27. The van der Waals surface area contributed by atoms with Gasteiger partial charge in [0.1, 0.15) is 6.04 Å². The summed E-state index contributed by atoms with van der Waals surface area (Å²) in [7, 11) is 0. The molecule has 0 aromatic heterocycles. The summed E-state index contributed by atoms with van der Waals surface area (Å²) in [5.74, 6) is 1.67. The van der Waals surface area contributed by atoms with Crippen molar-refractivity contribution in [3.63, 3.8) is 0 Å². The Morgan fingerprint density at radius 2 is 1.97 bits per heavy atom. The summed E-state index contributed by atoms with van der Waals surface area (Å²) < 4.78 is 10.8. The zero-order valence-corrected chi connectivity index (χ0v) is 18.6. The lowest BCUT2D eigenvalue weighted by molar-refractivity contribution is -0.133. The normalized spacial score (nSPS) is 13.0. The van der Waals surface area contributed by atoms with E-state index in [9.17, 15) is 9.59 Å². The minimum atomic E-state index is -0.629. The molecule has 1 N–H and O–H groups in total. The van der Waals surface area contributed by atoms with Gasteiger partial charge in [-0.2, -0.15) is 11.8 Å². The average Bonchev–Trinajstić information content (AvgIpc) is 3.22. The van der Waals surface area contributed by atoms with E-state index in [1.54, 1.807) is 40.9 Å².